The minimum atomic E-state index is 0.569. The number of rotatable bonds is 3. The van der Waals surface area contributed by atoms with Crippen molar-refractivity contribution in [2.45, 2.75) is 0 Å². The third-order valence-corrected chi connectivity index (χ3v) is 5.52. The third kappa shape index (κ3) is 3.19. The van der Waals surface area contributed by atoms with Crippen molar-refractivity contribution in [3.63, 3.8) is 0 Å². The first kappa shape index (κ1) is 18.3. The van der Waals surface area contributed by atoms with E-state index in [9.17, 15) is 0 Å². The normalized spacial score (nSPS) is 11.1. The summed E-state index contributed by atoms with van der Waals surface area (Å²) in [6.07, 6.45) is 0. The zero-order valence-corrected chi connectivity index (χ0v) is 17.2. The van der Waals surface area contributed by atoms with E-state index < -0.39 is 0 Å². The SMILES string of the molecule is c1ccc(-c2nc(-c3ccccc3)nc(-c3nc4ccccc4c4ccccc34)n2)cc1. The maximum atomic E-state index is 4.99. The summed E-state index contributed by atoms with van der Waals surface area (Å²) in [4.78, 5) is 19.5. The molecule has 4 heteroatoms. The van der Waals surface area contributed by atoms with Crippen LogP contribution in [0.25, 0.3) is 56.0 Å². The van der Waals surface area contributed by atoms with Gasteiger partial charge in [0, 0.05) is 21.9 Å². The molecule has 0 radical (unpaired) electrons. The number of hydrogen-bond donors (Lipinski definition) is 0. The minimum Gasteiger partial charge on any atom is -0.244 e. The molecule has 0 saturated heterocycles. The topological polar surface area (TPSA) is 51.6 Å². The highest BCUT2D eigenvalue weighted by molar-refractivity contribution is 6.10. The lowest BCUT2D eigenvalue weighted by molar-refractivity contribution is 1.07. The number of fused-ring (bicyclic) bond motifs is 3. The molecule has 2 heterocycles. The molecule has 0 bridgehead atoms. The summed E-state index contributed by atoms with van der Waals surface area (Å²) < 4.78 is 0. The van der Waals surface area contributed by atoms with Gasteiger partial charge in [0.15, 0.2) is 17.5 Å². The predicted molar refractivity (Wildman–Crippen MR) is 129 cm³/mol. The van der Waals surface area contributed by atoms with E-state index >= 15 is 0 Å². The molecule has 0 fully saturated rings. The lowest BCUT2D eigenvalue weighted by atomic mass is 10.0. The Bertz CT molecular complexity index is 1500. The van der Waals surface area contributed by atoms with Crippen molar-refractivity contribution in [3.8, 4) is 34.3 Å². The van der Waals surface area contributed by atoms with Crippen LogP contribution in [0.3, 0.4) is 0 Å². The number of aromatic nitrogens is 4. The van der Waals surface area contributed by atoms with Gasteiger partial charge < -0.3 is 0 Å². The molecule has 2 aromatic heterocycles. The minimum absolute atomic E-state index is 0.569. The fourth-order valence-corrected chi connectivity index (χ4v) is 3.99. The summed E-state index contributed by atoms with van der Waals surface area (Å²) in [6.45, 7) is 0. The molecule has 0 atom stereocenters. The second-order valence-corrected chi connectivity index (χ2v) is 7.56. The van der Waals surface area contributed by atoms with Crippen LogP contribution in [0.15, 0.2) is 109 Å². The van der Waals surface area contributed by atoms with Gasteiger partial charge in [-0.2, -0.15) is 0 Å². The molecule has 6 rings (SSSR count). The van der Waals surface area contributed by atoms with Gasteiger partial charge in [-0.1, -0.05) is 103 Å². The average Bonchev–Trinajstić information content (AvgIpc) is 2.89. The summed E-state index contributed by atoms with van der Waals surface area (Å²) in [6, 6.07) is 36.5. The second kappa shape index (κ2) is 7.67. The van der Waals surface area contributed by atoms with Crippen LogP contribution in [-0.4, -0.2) is 19.9 Å². The van der Waals surface area contributed by atoms with Gasteiger partial charge in [-0.15, -0.1) is 0 Å². The van der Waals surface area contributed by atoms with Crippen molar-refractivity contribution in [2.75, 3.05) is 0 Å². The molecule has 0 unspecified atom stereocenters. The number of nitrogens with zero attached hydrogens (tertiary/aromatic N) is 4. The Balaban J connectivity index is 1.67. The molecule has 0 aliphatic rings. The second-order valence-electron chi connectivity index (χ2n) is 7.56. The number of pyridine rings is 1. The largest absolute Gasteiger partial charge is 0.244 e. The smallest absolute Gasteiger partial charge is 0.183 e. The molecule has 0 aliphatic heterocycles. The molecule has 0 aliphatic carbocycles. The predicted octanol–water partition coefficient (Wildman–Crippen LogP) is 6.57. The Morgan fingerprint density at radius 3 is 1.44 bits per heavy atom. The fourth-order valence-electron chi connectivity index (χ4n) is 3.99. The molecule has 4 nitrogen and oxygen atoms in total. The Morgan fingerprint density at radius 1 is 0.344 bits per heavy atom. The standard InChI is InChI=1S/C28H18N4/c1-3-11-19(12-4-1)26-30-27(20-13-5-2-6-14-20)32-28(31-26)25-23-17-8-7-15-21(23)22-16-9-10-18-24(22)29-25/h1-18H. The van der Waals surface area contributed by atoms with Gasteiger partial charge in [0.2, 0.25) is 0 Å². The quantitative estimate of drug-likeness (QED) is 0.310. The summed E-state index contributed by atoms with van der Waals surface area (Å²) >= 11 is 0. The molecular formula is C28H18N4. The molecular weight excluding hydrogens is 392 g/mol. The lowest BCUT2D eigenvalue weighted by Crippen LogP contribution is -2.02. The lowest BCUT2D eigenvalue weighted by Gasteiger charge is -2.11. The van der Waals surface area contributed by atoms with Gasteiger partial charge in [-0.3, -0.25) is 0 Å². The van der Waals surface area contributed by atoms with E-state index in [0.717, 1.165) is 38.5 Å². The summed E-state index contributed by atoms with van der Waals surface area (Å²) in [5.74, 6) is 1.83. The van der Waals surface area contributed by atoms with Crippen molar-refractivity contribution < 1.29 is 0 Å². The van der Waals surface area contributed by atoms with E-state index in [-0.39, 0.29) is 0 Å². The molecule has 0 spiro atoms. The number of para-hydroxylation sites is 1. The zero-order chi connectivity index (χ0) is 21.3. The molecule has 4 aromatic carbocycles. The van der Waals surface area contributed by atoms with Crippen LogP contribution in [0, 0.1) is 0 Å². The van der Waals surface area contributed by atoms with Crippen LogP contribution in [0.5, 0.6) is 0 Å². The first-order valence-electron chi connectivity index (χ1n) is 10.5. The van der Waals surface area contributed by atoms with Crippen LogP contribution in [0.4, 0.5) is 0 Å². The van der Waals surface area contributed by atoms with Crippen LogP contribution >= 0.6 is 0 Å². The van der Waals surface area contributed by atoms with Crippen LogP contribution in [-0.2, 0) is 0 Å². The monoisotopic (exact) mass is 410 g/mol. The van der Waals surface area contributed by atoms with Crippen LogP contribution in [0.1, 0.15) is 0 Å². The summed E-state index contributed by atoms with van der Waals surface area (Å²) in [5.41, 5.74) is 3.57. The van der Waals surface area contributed by atoms with E-state index in [1.54, 1.807) is 0 Å². The van der Waals surface area contributed by atoms with Crippen LogP contribution < -0.4 is 0 Å². The van der Waals surface area contributed by atoms with Gasteiger partial charge in [0.25, 0.3) is 0 Å². The van der Waals surface area contributed by atoms with Gasteiger partial charge in [0.1, 0.15) is 5.69 Å². The van der Waals surface area contributed by atoms with E-state index in [1.807, 2.05) is 84.9 Å². The Kier molecular flexibility index (Phi) is 4.40. The van der Waals surface area contributed by atoms with Crippen molar-refractivity contribution in [1.29, 1.82) is 0 Å². The first-order chi connectivity index (χ1) is 15.9. The third-order valence-electron chi connectivity index (χ3n) is 5.52. The van der Waals surface area contributed by atoms with E-state index in [0.29, 0.717) is 17.5 Å². The highest BCUT2D eigenvalue weighted by Crippen LogP contribution is 2.32. The zero-order valence-electron chi connectivity index (χ0n) is 17.2. The van der Waals surface area contributed by atoms with Gasteiger partial charge >= 0.3 is 0 Å². The van der Waals surface area contributed by atoms with E-state index in [2.05, 4.69) is 24.3 Å². The number of hydrogen-bond acceptors (Lipinski definition) is 4. The maximum Gasteiger partial charge on any atom is 0.183 e. The highest BCUT2D eigenvalue weighted by atomic mass is 15.0. The molecule has 0 N–H and O–H groups in total. The molecule has 32 heavy (non-hydrogen) atoms. The Labute approximate surface area is 185 Å². The van der Waals surface area contributed by atoms with Gasteiger partial charge in [0.05, 0.1) is 5.52 Å². The molecule has 6 aromatic rings. The highest BCUT2D eigenvalue weighted by Gasteiger charge is 2.16. The first-order valence-corrected chi connectivity index (χ1v) is 10.5. The van der Waals surface area contributed by atoms with Crippen molar-refractivity contribution >= 4 is 21.7 Å². The van der Waals surface area contributed by atoms with Crippen molar-refractivity contribution in [1.82, 2.24) is 19.9 Å². The Hall–Kier alpha value is -4.44. The molecule has 0 saturated carbocycles. The fraction of sp³-hybridized carbons (Fsp3) is 0. The van der Waals surface area contributed by atoms with Crippen molar-refractivity contribution in [2.24, 2.45) is 0 Å². The van der Waals surface area contributed by atoms with E-state index in [4.69, 9.17) is 19.9 Å². The van der Waals surface area contributed by atoms with Gasteiger partial charge in [-0.05, 0) is 11.5 Å². The molecule has 150 valence electrons. The Morgan fingerprint density at radius 2 is 0.812 bits per heavy atom. The summed E-state index contributed by atoms with van der Waals surface area (Å²) in [7, 11) is 0. The van der Waals surface area contributed by atoms with E-state index in [1.165, 1.54) is 0 Å². The molecule has 0 amide bonds. The number of benzene rings is 4. The maximum absolute atomic E-state index is 4.99. The van der Waals surface area contributed by atoms with Crippen molar-refractivity contribution in [3.05, 3.63) is 109 Å². The van der Waals surface area contributed by atoms with Gasteiger partial charge in [-0.25, -0.2) is 19.9 Å². The summed E-state index contributed by atoms with van der Waals surface area (Å²) in [5, 5.41) is 3.28. The van der Waals surface area contributed by atoms with Crippen LogP contribution in [0.2, 0.25) is 0 Å². The average molecular weight is 410 g/mol.